The fourth-order valence-corrected chi connectivity index (χ4v) is 1.58. The Hall–Kier alpha value is -0.570. The smallest absolute Gasteiger partial charge is 0.123 e. The maximum Gasteiger partial charge on any atom is 0.123 e. The summed E-state index contributed by atoms with van der Waals surface area (Å²) in [5.74, 6) is 1.08. The Morgan fingerprint density at radius 2 is 2.20 bits per heavy atom. The minimum absolute atomic E-state index is 0.222. The van der Waals surface area contributed by atoms with E-state index in [0.717, 1.165) is 17.7 Å². The second-order valence-electron chi connectivity index (χ2n) is 3.71. The molecular formula is C12H16BrFO. The SMILES string of the molecule is CCC(C)COc1ccc(F)cc1CBr. The Labute approximate surface area is 98.8 Å². The van der Waals surface area contributed by atoms with Gasteiger partial charge in [0.05, 0.1) is 6.61 Å². The number of ether oxygens (including phenoxy) is 1. The lowest BCUT2D eigenvalue weighted by molar-refractivity contribution is 0.254. The summed E-state index contributed by atoms with van der Waals surface area (Å²) in [5.41, 5.74) is 0.860. The van der Waals surface area contributed by atoms with Gasteiger partial charge >= 0.3 is 0 Å². The van der Waals surface area contributed by atoms with Gasteiger partial charge in [0.15, 0.2) is 0 Å². The van der Waals surface area contributed by atoms with Crippen LogP contribution in [0.4, 0.5) is 4.39 Å². The summed E-state index contributed by atoms with van der Waals surface area (Å²) in [4.78, 5) is 0. The largest absolute Gasteiger partial charge is 0.493 e. The molecule has 0 aliphatic carbocycles. The predicted octanol–water partition coefficient (Wildman–Crippen LogP) is 4.15. The van der Waals surface area contributed by atoms with Gasteiger partial charge in [0, 0.05) is 10.9 Å². The molecule has 1 atom stereocenters. The third kappa shape index (κ3) is 3.82. The van der Waals surface area contributed by atoms with Gasteiger partial charge in [-0.3, -0.25) is 0 Å². The van der Waals surface area contributed by atoms with Gasteiger partial charge in [0.1, 0.15) is 11.6 Å². The number of benzene rings is 1. The van der Waals surface area contributed by atoms with Crippen LogP contribution in [0.2, 0.25) is 0 Å². The van der Waals surface area contributed by atoms with Gasteiger partial charge in [-0.2, -0.15) is 0 Å². The average molecular weight is 275 g/mol. The topological polar surface area (TPSA) is 9.23 Å². The molecule has 3 heteroatoms. The zero-order chi connectivity index (χ0) is 11.3. The molecule has 0 aliphatic heterocycles. The molecule has 0 radical (unpaired) electrons. The molecule has 0 aromatic heterocycles. The van der Waals surface area contributed by atoms with Gasteiger partial charge in [-0.05, 0) is 24.1 Å². The molecule has 84 valence electrons. The van der Waals surface area contributed by atoms with E-state index >= 15 is 0 Å². The second kappa shape index (κ2) is 6.11. The van der Waals surface area contributed by atoms with Crippen molar-refractivity contribution in [2.45, 2.75) is 25.6 Å². The fourth-order valence-electron chi connectivity index (χ4n) is 1.14. The van der Waals surface area contributed by atoms with Gasteiger partial charge < -0.3 is 4.74 Å². The average Bonchev–Trinajstić information content (AvgIpc) is 2.26. The molecule has 0 saturated heterocycles. The summed E-state index contributed by atoms with van der Waals surface area (Å²) >= 11 is 3.32. The molecule has 1 rings (SSSR count). The van der Waals surface area contributed by atoms with Crippen LogP contribution in [0, 0.1) is 11.7 Å². The van der Waals surface area contributed by atoms with Crippen LogP contribution < -0.4 is 4.74 Å². The quantitative estimate of drug-likeness (QED) is 0.734. The second-order valence-corrected chi connectivity index (χ2v) is 4.27. The highest BCUT2D eigenvalue weighted by atomic mass is 79.9. The first-order valence-electron chi connectivity index (χ1n) is 5.14. The van der Waals surface area contributed by atoms with E-state index in [1.165, 1.54) is 12.1 Å². The molecule has 1 aromatic carbocycles. The summed E-state index contributed by atoms with van der Waals surface area (Å²) in [6.45, 7) is 4.95. The predicted molar refractivity (Wildman–Crippen MR) is 64.0 cm³/mol. The molecule has 1 aromatic rings. The Morgan fingerprint density at radius 3 is 2.80 bits per heavy atom. The lowest BCUT2D eigenvalue weighted by Gasteiger charge is -2.13. The van der Waals surface area contributed by atoms with Gasteiger partial charge in [-0.15, -0.1) is 0 Å². The van der Waals surface area contributed by atoms with Crippen molar-refractivity contribution >= 4 is 15.9 Å². The van der Waals surface area contributed by atoms with Gasteiger partial charge in [-0.25, -0.2) is 4.39 Å². The summed E-state index contributed by atoms with van der Waals surface area (Å²) in [7, 11) is 0. The zero-order valence-corrected chi connectivity index (χ0v) is 10.7. The van der Waals surface area contributed by atoms with Crippen LogP contribution in [0.3, 0.4) is 0 Å². The minimum Gasteiger partial charge on any atom is -0.493 e. The van der Waals surface area contributed by atoms with Crippen molar-refractivity contribution in [2.75, 3.05) is 6.61 Å². The Bertz CT molecular complexity index is 314. The van der Waals surface area contributed by atoms with Crippen LogP contribution in [0.5, 0.6) is 5.75 Å². The first kappa shape index (κ1) is 12.5. The molecule has 0 aliphatic rings. The van der Waals surface area contributed by atoms with Crippen LogP contribution in [0.1, 0.15) is 25.8 Å². The molecule has 0 heterocycles. The van der Waals surface area contributed by atoms with Crippen molar-refractivity contribution in [2.24, 2.45) is 5.92 Å². The van der Waals surface area contributed by atoms with Crippen LogP contribution >= 0.6 is 15.9 Å². The van der Waals surface area contributed by atoms with E-state index < -0.39 is 0 Å². The van der Waals surface area contributed by atoms with E-state index in [0.29, 0.717) is 17.9 Å². The number of rotatable bonds is 5. The first-order valence-corrected chi connectivity index (χ1v) is 6.26. The lowest BCUT2D eigenvalue weighted by Crippen LogP contribution is -2.08. The highest BCUT2D eigenvalue weighted by Gasteiger charge is 2.06. The van der Waals surface area contributed by atoms with Crippen LogP contribution in [-0.4, -0.2) is 6.61 Å². The summed E-state index contributed by atoms with van der Waals surface area (Å²) in [6.07, 6.45) is 1.09. The number of hydrogen-bond donors (Lipinski definition) is 0. The Morgan fingerprint density at radius 1 is 1.47 bits per heavy atom. The normalized spacial score (nSPS) is 12.5. The maximum atomic E-state index is 12.9. The third-order valence-electron chi connectivity index (χ3n) is 2.39. The standard InChI is InChI=1S/C12H16BrFO/c1-3-9(2)8-15-12-5-4-11(14)6-10(12)7-13/h4-6,9H,3,7-8H2,1-2H3. The highest BCUT2D eigenvalue weighted by Crippen LogP contribution is 2.22. The molecule has 0 fully saturated rings. The third-order valence-corrected chi connectivity index (χ3v) is 2.99. The van der Waals surface area contributed by atoms with Crippen molar-refractivity contribution in [3.05, 3.63) is 29.6 Å². The van der Waals surface area contributed by atoms with E-state index in [1.807, 2.05) is 0 Å². The van der Waals surface area contributed by atoms with E-state index in [2.05, 4.69) is 29.8 Å². The van der Waals surface area contributed by atoms with E-state index in [4.69, 9.17) is 4.74 Å². The highest BCUT2D eigenvalue weighted by molar-refractivity contribution is 9.08. The summed E-state index contributed by atoms with van der Waals surface area (Å²) in [5, 5.41) is 0.612. The Kier molecular flexibility index (Phi) is 5.09. The van der Waals surface area contributed by atoms with Crippen molar-refractivity contribution in [3.8, 4) is 5.75 Å². The van der Waals surface area contributed by atoms with Gasteiger partial charge in [0.25, 0.3) is 0 Å². The molecule has 0 saturated carbocycles. The van der Waals surface area contributed by atoms with Crippen LogP contribution in [-0.2, 0) is 5.33 Å². The van der Waals surface area contributed by atoms with E-state index in [9.17, 15) is 4.39 Å². The fraction of sp³-hybridized carbons (Fsp3) is 0.500. The van der Waals surface area contributed by atoms with Crippen LogP contribution in [0.15, 0.2) is 18.2 Å². The molecule has 15 heavy (non-hydrogen) atoms. The maximum absolute atomic E-state index is 12.9. The molecule has 1 nitrogen and oxygen atoms in total. The molecule has 0 N–H and O–H groups in total. The van der Waals surface area contributed by atoms with Crippen LogP contribution in [0.25, 0.3) is 0 Å². The first-order chi connectivity index (χ1) is 7.17. The van der Waals surface area contributed by atoms with Gasteiger partial charge in [-0.1, -0.05) is 36.2 Å². The summed E-state index contributed by atoms with van der Waals surface area (Å²) < 4.78 is 18.6. The van der Waals surface area contributed by atoms with E-state index in [-0.39, 0.29) is 5.82 Å². The number of hydrogen-bond acceptors (Lipinski definition) is 1. The molecule has 1 unspecified atom stereocenters. The van der Waals surface area contributed by atoms with Crippen molar-refractivity contribution in [1.29, 1.82) is 0 Å². The minimum atomic E-state index is -0.222. The molecule has 0 amide bonds. The van der Waals surface area contributed by atoms with Crippen molar-refractivity contribution in [3.63, 3.8) is 0 Å². The van der Waals surface area contributed by atoms with Crippen molar-refractivity contribution in [1.82, 2.24) is 0 Å². The number of alkyl halides is 1. The monoisotopic (exact) mass is 274 g/mol. The van der Waals surface area contributed by atoms with Crippen molar-refractivity contribution < 1.29 is 9.13 Å². The number of halogens is 2. The zero-order valence-electron chi connectivity index (χ0n) is 9.09. The molecule has 0 bridgehead atoms. The van der Waals surface area contributed by atoms with E-state index in [1.54, 1.807) is 6.07 Å². The lowest BCUT2D eigenvalue weighted by atomic mass is 10.1. The molecular weight excluding hydrogens is 259 g/mol. The Balaban J connectivity index is 2.67. The summed E-state index contributed by atoms with van der Waals surface area (Å²) in [6, 6.07) is 4.62. The molecule has 0 spiro atoms. The van der Waals surface area contributed by atoms with Gasteiger partial charge in [0.2, 0.25) is 0 Å².